The van der Waals surface area contributed by atoms with Crippen LogP contribution in [0.2, 0.25) is 0 Å². The highest BCUT2D eigenvalue weighted by Crippen LogP contribution is 2.31. The number of alkyl halides is 3. The van der Waals surface area contributed by atoms with E-state index in [1.54, 1.807) is 41.6 Å². The smallest absolute Gasteiger partial charge is 0.304 e. The van der Waals surface area contributed by atoms with Crippen molar-refractivity contribution in [3.05, 3.63) is 66.9 Å². The number of hydrogen-bond donors (Lipinski definition) is 0. The van der Waals surface area contributed by atoms with Gasteiger partial charge >= 0.3 is 6.18 Å². The molecule has 3 aromatic rings. The molecule has 0 radical (unpaired) electrons. The number of imidazole rings is 1. The number of nitrogens with zero attached hydrogens (tertiary/aromatic N) is 3. The van der Waals surface area contributed by atoms with E-state index < -0.39 is 11.7 Å². The molecule has 21 heavy (non-hydrogen) atoms. The van der Waals surface area contributed by atoms with Crippen LogP contribution < -0.4 is 0 Å². The molecular weight excluding hydrogens is 279 g/mol. The van der Waals surface area contributed by atoms with Gasteiger partial charge in [0.2, 0.25) is 0 Å². The molecule has 0 spiro atoms. The number of halogens is 3. The van der Waals surface area contributed by atoms with Gasteiger partial charge in [-0.25, -0.2) is 4.98 Å². The fourth-order valence-electron chi connectivity index (χ4n) is 1.97. The molecule has 0 aliphatic carbocycles. The van der Waals surface area contributed by atoms with Crippen LogP contribution in [0.1, 0.15) is 5.56 Å². The molecule has 0 N–H and O–H groups in total. The average molecular weight is 289 g/mol. The van der Waals surface area contributed by atoms with E-state index in [-0.39, 0.29) is 0 Å². The van der Waals surface area contributed by atoms with Gasteiger partial charge in [-0.2, -0.15) is 13.2 Å². The Morgan fingerprint density at radius 1 is 1.05 bits per heavy atom. The first kappa shape index (κ1) is 13.4. The lowest BCUT2D eigenvalue weighted by molar-refractivity contribution is -0.137. The molecule has 2 aromatic heterocycles. The fraction of sp³-hybridized carbons (Fsp3) is 0.0667. The highest BCUT2D eigenvalue weighted by atomic mass is 19.4. The summed E-state index contributed by atoms with van der Waals surface area (Å²) in [6, 6.07) is 8.73. The Bertz CT molecular complexity index is 748. The summed E-state index contributed by atoms with van der Waals surface area (Å²) in [5.41, 5.74) is 1.01. The molecule has 0 aliphatic heterocycles. The fourth-order valence-corrected chi connectivity index (χ4v) is 1.97. The molecule has 0 bridgehead atoms. The predicted molar refractivity (Wildman–Crippen MR) is 71.8 cm³/mol. The van der Waals surface area contributed by atoms with Crippen molar-refractivity contribution < 1.29 is 13.2 Å². The summed E-state index contributed by atoms with van der Waals surface area (Å²) in [7, 11) is 0. The van der Waals surface area contributed by atoms with Gasteiger partial charge in [-0.05, 0) is 24.3 Å². The number of hydrogen-bond acceptors (Lipinski definition) is 2. The molecule has 106 valence electrons. The lowest BCUT2D eigenvalue weighted by atomic mass is 10.1. The highest BCUT2D eigenvalue weighted by Gasteiger charge is 2.30. The van der Waals surface area contributed by atoms with Crippen LogP contribution in [-0.4, -0.2) is 14.5 Å². The minimum absolute atomic E-state index is 0.424. The Labute approximate surface area is 118 Å². The first-order chi connectivity index (χ1) is 10.0. The van der Waals surface area contributed by atoms with E-state index in [0.717, 1.165) is 17.8 Å². The van der Waals surface area contributed by atoms with Crippen LogP contribution in [0.3, 0.4) is 0 Å². The van der Waals surface area contributed by atoms with Crippen molar-refractivity contribution in [3.63, 3.8) is 0 Å². The average Bonchev–Trinajstić information content (AvgIpc) is 2.97. The maximum Gasteiger partial charge on any atom is 0.416 e. The summed E-state index contributed by atoms with van der Waals surface area (Å²) >= 11 is 0. The predicted octanol–water partition coefficient (Wildman–Crippen LogP) is 3.95. The zero-order valence-corrected chi connectivity index (χ0v) is 10.7. The summed E-state index contributed by atoms with van der Waals surface area (Å²) < 4.78 is 39.9. The Morgan fingerprint density at radius 2 is 1.90 bits per heavy atom. The highest BCUT2D eigenvalue weighted by molar-refractivity contribution is 5.60. The van der Waals surface area contributed by atoms with E-state index in [0.29, 0.717) is 11.3 Å². The van der Waals surface area contributed by atoms with Crippen molar-refractivity contribution in [2.24, 2.45) is 0 Å². The number of benzene rings is 1. The maximum atomic E-state index is 12.7. The van der Waals surface area contributed by atoms with E-state index >= 15 is 0 Å². The zero-order valence-electron chi connectivity index (χ0n) is 10.7. The van der Waals surface area contributed by atoms with Crippen LogP contribution >= 0.6 is 0 Å². The first-order valence-corrected chi connectivity index (χ1v) is 6.16. The van der Waals surface area contributed by atoms with Gasteiger partial charge in [0.05, 0.1) is 29.5 Å². The van der Waals surface area contributed by atoms with Crippen molar-refractivity contribution in [2.75, 3.05) is 0 Å². The normalized spacial score (nSPS) is 11.6. The second-order valence-electron chi connectivity index (χ2n) is 4.46. The second kappa shape index (κ2) is 5.05. The van der Waals surface area contributed by atoms with Crippen LogP contribution in [0.25, 0.3) is 16.9 Å². The molecular formula is C15H10F3N3. The summed E-state index contributed by atoms with van der Waals surface area (Å²) in [5.74, 6) is 0. The van der Waals surface area contributed by atoms with E-state index in [1.807, 2.05) is 6.07 Å². The van der Waals surface area contributed by atoms with Gasteiger partial charge < -0.3 is 4.57 Å². The molecule has 0 unspecified atom stereocenters. The molecule has 0 saturated heterocycles. The zero-order chi connectivity index (χ0) is 14.9. The molecule has 0 atom stereocenters. The number of aromatic nitrogens is 3. The minimum atomic E-state index is -4.36. The Morgan fingerprint density at radius 3 is 2.62 bits per heavy atom. The summed E-state index contributed by atoms with van der Waals surface area (Å²) in [6.45, 7) is 0. The van der Waals surface area contributed by atoms with Gasteiger partial charge in [0, 0.05) is 18.0 Å². The van der Waals surface area contributed by atoms with Crippen molar-refractivity contribution in [1.29, 1.82) is 0 Å². The Balaban J connectivity index is 1.97. The van der Waals surface area contributed by atoms with Gasteiger partial charge in [0.25, 0.3) is 0 Å². The third-order valence-electron chi connectivity index (χ3n) is 3.01. The maximum absolute atomic E-state index is 12.7. The van der Waals surface area contributed by atoms with E-state index in [4.69, 9.17) is 0 Å². The molecule has 3 rings (SSSR count). The van der Waals surface area contributed by atoms with Crippen molar-refractivity contribution in [1.82, 2.24) is 14.5 Å². The van der Waals surface area contributed by atoms with Crippen LogP contribution in [0.15, 0.2) is 61.3 Å². The molecule has 2 heterocycles. The third-order valence-corrected chi connectivity index (χ3v) is 3.01. The SMILES string of the molecule is FC(F)(F)c1cccc(-c2cn(-c3cccnc3)cn2)c1. The van der Waals surface area contributed by atoms with E-state index in [9.17, 15) is 13.2 Å². The third kappa shape index (κ3) is 2.79. The summed E-state index contributed by atoms with van der Waals surface area (Å²) in [4.78, 5) is 8.15. The first-order valence-electron chi connectivity index (χ1n) is 6.16. The minimum Gasteiger partial charge on any atom is -0.304 e. The van der Waals surface area contributed by atoms with Crippen LogP contribution in [0.4, 0.5) is 13.2 Å². The largest absolute Gasteiger partial charge is 0.416 e. The summed E-state index contributed by atoms with van der Waals surface area (Å²) in [6.07, 6.45) is 2.16. The molecule has 0 amide bonds. The lowest BCUT2D eigenvalue weighted by Gasteiger charge is -2.07. The van der Waals surface area contributed by atoms with Crippen molar-refractivity contribution in [3.8, 4) is 16.9 Å². The van der Waals surface area contributed by atoms with Gasteiger partial charge in [0.15, 0.2) is 0 Å². The van der Waals surface area contributed by atoms with Crippen molar-refractivity contribution >= 4 is 0 Å². The van der Waals surface area contributed by atoms with Crippen molar-refractivity contribution in [2.45, 2.75) is 6.18 Å². The quantitative estimate of drug-likeness (QED) is 0.715. The van der Waals surface area contributed by atoms with Gasteiger partial charge in [-0.15, -0.1) is 0 Å². The number of pyridine rings is 1. The van der Waals surface area contributed by atoms with Crippen LogP contribution in [0.5, 0.6) is 0 Å². The molecule has 0 saturated carbocycles. The van der Waals surface area contributed by atoms with Gasteiger partial charge in [-0.3, -0.25) is 4.98 Å². The van der Waals surface area contributed by atoms with Gasteiger partial charge in [0.1, 0.15) is 0 Å². The molecule has 1 aromatic carbocycles. The molecule has 3 nitrogen and oxygen atoms in total. The standard InChI is InChI=1S/C15H10F3N3/c16-15(17,18)12-4-1-3-11(7-12)14-9-21(10-20-14)13-5-2-6-19-8-13/h1-10H. The number of rotatable bonds is 2. The molecule has 6 heteroatoms. The Hall–Kier alpha value is -2.63. The summed E-state index contributed by atoms with van der Waals surface area (Å²) in [5, 5.41) is 0. The molecule has 0 fully saturated rings. The Kier molecular flexibility index (Phi) is 3.21. The van der Waals surface area contributed by atoms with Crippen LogP contribution in [-0.2, 0) is 6.18 Å². The topological polar surface area (TPSA) is 30.7 Å². The van der Waals surface area contributed by atoms with Gasteiger partial charge in [-0.1, -0.05) is 12.1 Å². The monoisotopic (exact) mass is 289 g/mol. The second-order valence-corrected chi connectivity index (χ2v) is 4.46. The van der Waals surface area contributed by atoms with Crippen LogP contribution in [0, 0.1) is 0 Å². The van der Waals surface area contributed by atoms with E-state index in [1.165, 1.54) is 6.07 Å². The van der Waals surface area contributed by atoms with E-state index in [2.05, 4.69) is 9.97 Å². The lowest BCUT2D eigenvalue weighted by Crippen LogP contribution is -2.04. The molecule has 0 aliphatic rings.